The number of rotatable bonds is 4. The van der Waals surface area contributed by atoms with Gasteiger partial charge in [0.2, 0.25) is 5.91 Å². The molecule has 2 aromatic rings. The minimum atomic E-state index is 0.124. The van der Waals surface area contributed by atoms with Gasteiger partial charge in [-0.2, -0.15) is 0 Å². The summed E-state index contributed by atoms with van der Waals surface area (Å²) in [5.41, 5.74) is 1.78. The first-order valence-corrected chi connectivity index (χ1v) is 10.9. The van der Waals surface area contributed by atoms with Gasteiger partial charge in [0.25, 0.3) is 0 Å². The first-order valence-electron chi connectivity index (χ1n) is 9.64. The molecule has 3 nitrogen and oxygen atoms in total. The third kappa shape index (κ3) is 3.07. The molecule has 1 heterocycles. The van der Waals surface area contributed by atoms with Crippen molar-refractivity contribution in [3.05, 3.63) is 40.4 Å². The second-order valence-electron chi connectivity index (χ2n) is 8.32. The van der Waals surface area contributed by atoms with Crippen molar-refractivity contribution in [1.82, 2.24) is 10.3 Å². The van der Waals surface area contributed by atoms with Crippen molar-refractivity contribution >= 4 is 28.8 Å². The Morgan fingerprint density at radius 3 is 2.50 bits per heavy atom. The molecule has 4 aliphatic carbocycles. The SMILES string of the molecule is O=C(Cc1csc(-c2ccccc2Cl)n1)NC1C2CC3CC(C2)CC1C3. The Balaban J connectivity index is 1.25. The molecule has 136 valence electrons. The molecule has 6 rings (SSSR count). The molecule has 0 atom stereocenters. The van der Waals surface area contributed by atoms with Gasteiger partial charge in [-0.15, -0.1) is 11.3 Å². The average Bonchev–Trinajstić information content (AvgIpc) is 3.06. The number of hydrogen-bond acceptors (Lipinski definition) is 3. The van der Waals surface area contributed by atoms with Crippen LogP contribution >= 0.6 is 22.9 Å². The third-order valence-electron chi connectivity index (χ3n) is 6.55. The summed E-state index contributed by atoms with van der Waals surface area (Å²) < 4.78 is 0. The van der Waals surface area contributed by atoms with Crippen LogP contribution in [0.5, 0.6) is 0 Å². The van der Waals surface area contributed by atoms with Crippen molar-refractivity contribution in [3.8, 4) is 10.6 Å². The summed E-state index contributed by atoms with van der Waals surface area (Å²) in [7, 11) is 0. The Hall–Kier alpha value is -1.39. The van der Waals surface area contributed by atoms with Crippen LogP contribution in [0.15, 0.2) is 29.6 Å². The van der Waals surface area contributed by atoms with Gasteiger partial charge in [0.1, 0.15) is 5.01 Å². The molecule has 4 aliphatic rings. The second kappa shape index (κ2) is 6.65. The van der Waals surface area contributed by atoms with Crippen LogP contribution in [0.3, 0.4) is 0 Å². The van der Waals surface area contributed by atoms with E-state index in [2.05, 4.69) is 10.3 Å². The molecular weight excluding hydrogens is 364 g/mol. The molecule has 1 amide bonds. The Kier molecular flexibility index (Phi) is 4.29. The molecule has 0 radical (unpaired) electrons. The second-order valence-corrected chi connectivity index (χ2v) is 9.59. The predicted octanol–water partition coefficient (Wildman–Crippen LogP) is 4.95. The van der Waals surface area contributed by atoms with Crippen LogP contribution < -0.4 is 5.32 Å². The molecule has 26 heavy (non-hydrogen) atoms. The normalized spacial score (nSPS) is 32.0. The number of amides is 1. The summed E-state index contributed by atoms with van der Waals surface area (Å²) in [5.74, 6) is 3.41. The van der Waals surface area contributed by atoms with E-state index in [0.29, 0.717) is 29.3 Å². The highest BCUT2D eigenvalue weighted by Crippen LogP contribution is 2.53. The molecule has 1 aromatic heterocycles. The van der Waals surface area contributed by atoms with Crippen LogP contribution in [-0.2, 0) is 11.2 Å². The topological polar surface area (TPSA) is 42.0 Å². The highest BCUT2D eigenvalue weighted by molar-refractivity contribution is 7.13. The minimum absolute atomic E-state index is 0.124. The van der Waals surface area contributed by atoms with Crippen molar-refractivity contribution < 1.29 is 4.79 Å². The summed E-state index contributed by atoms with van der Waals surface area (Å²) >= 11 is 7.81. The first-order chi connectivity index (χ1) is 12.7. The minimum Gasteiger partial charge on any atom is -0.352 e. The van der Waals surface area contributed by atoms with Crippen molar-refractivity contribution in [1.29, 1.82) is 0 Å². The Labute approximate surface area is 163 Å². The zero-order valence-corrected chi connectivity index (χ0v) is 16.2. The average molecular weight is 387 g/mol. The maximum absolute atomic E-state index is 12.6. The van der Waals surface area contributed by atoms with E-state index in [4.69, 9.17) is 11.6 Å². The van der Waals surface area contributed by atoms with E-state index in [-0.39, 0.29) is 5.91 Å². The van der Waals surface area contributed by atoms with E-state index in [9.17, 15) is 4.79 Å². The smallest absolute Gasteiger partial charge is 0.226 e. The van der Waals surface area contributed by atoms with Crippen LogP contribution in [0.4, 0.5) is 0 Å². The largest absolute Gasteiger partial charge is 0.352 e. The quantitative estimate of drug-likeness (QED) is 0.807. The van der Waals surface area contributed by atoms with Crippen LogP contribution in [0, 0.1) is 23.7 Å². The summed E-state index contributed by atoms with van der Waals surface area (Å²) in [6.07, 6.45) is 7.11. The molecule has 1 N–H and O–H groups in total. The van der Waals surface area contributed by atoms with Gasteiger partial charge < -0.3 is 5.32 Å². The number of aromatic nitrogens is 1. The molecule has 5 heteroatoms. The number of nitrogens with zero attached hydrogens (tertiary/aromatic N) is 1. The molecule has 1 aromatic carbocycles. The van der Waals surface area contributed by atoms with Gasteiger partial charge in [0.05, 0.1) is 17.1 Å². The summed E-state index contributed by atoms with van der Waals surface area (Å²) in [4.78, 5) is 17.3. The van der Waals surface area contributed by atoms with Crippen molar-refractivity contribution in [3.63, 3.8) is 0 Å². The van der Waals surface area contributed by atoms with Crippen LogP contribution in [0.2, 0.25) is 5.02 Å². The number of thiazole rings is 1. The van der Waals surface area contributed by atoms with E-state index in [1.54, 1.807) is 11.3 Å². The lowest BCUT2D eigenvalue weighted by Gasteiger charge is -2.54. The van der Waals surface area contributed by atoms with E-state index < -0.39 is 0 Å². The fourth-order valence-electron chi connectivity index (χ4n) is 5.71. The van der Waals surface area contributed by atoms with Gasteiger partial charge >= 0.3 is 0 Å². The van der Waals surface area contributed by atoms with Crippen molar-refractivity contribution in [2.24, 2.45) is 23.7 Å². The number of carbonyl (C=O) groups is 1. The van der Waals surface area contributed by atoms with Crippen LogP contribution in [-0.4, -0.2) is 16.9 Å². The van der Waals surface area contributed by atoms with Crippen LogP contribution in [0.1, 0.15) is 37.8 Å². The third-order valence-corrected chi connectivity index (χ3v) is 7.81. The van der Waals surface area contributed by atoms with E-state index in [0.717, 1.165) is 28.1 Å². The molecule has 4 fully saturated rings. The lowest BCUT2D eigenvalue weighted by atomic mass is 9.54. The van der Waals surface area contributed by atoms with E-state index in [1.165, 1.54) is 32.1 Å². The number of carbonyl (C=O) groups excluding carboxylic acids is 1. The maximum atomic E-state index is 12.6. The predicted molar refractivity (Wildman–Crippen MR) is 105 cm³/mol. The van der Waals surface area contributed by atoms with Crippen molar-refractivity contribution in [2.75, 3.05) is 0 Å². The Bertz CT molecular complexity index is 805. The van der Waals surface area contributed by atoms with Gasteiger partial charge in [0, 0.05) is 17.0 Å². The number of benzene rings is 1. The first kappa shape index (κ1) is 16.8. The van der Waals surface area contributed by atoms with E-state index >= 15 is 0 Å². The van der Waals surface area contributed by atoms with E-state index in [1.807, 2.05) is 29.6 Å². The standard InChI is InChI=1S/C21H23ClN2OS/c22-18-4-2-1-3-17(18)21-23-16(11-26-21)10-19(25)24-20-14-6-12-5-13(8-14)9-15(20)7-12/h1-4,11-15,20H,5-10H2,(H,24,25). The molecule has 0 unspecified atom stereocenters. The maximum Gasteiger partial charge on any atom is 0.226 e. The summed E-state index contributed by atoms with van der Waals surface area (Å²) in [5, 5.41) is 6.93. The lowest BCUT2D eigenvalue weighted by molar-refractivity contribution is -0.124. The molecule has 0 aliphatic heterocycles. The molecule has 4 saturated carbocycles. The number of nitrogens with one attached hydrogen (secondary N) is 1. The Morgan fingerprint density at radius 1 is 1.12 bits per heavy atom. The lowest BCUT2D eigenvalue weighted by Crippen LogP contribution is -2.56. The van der Waals surface area contributed by atoms with Crippen molar-refractivity contribution in [2.45, 2.75) is 44.6 Å². The highest BCUT2D eigenvalue weighted by atomic mass is 35.5. The molecule has 0 spiro atoms. The van der Waals surface area contributed by atoms with Gasteiger partial charge in [-0.05, 0) is 61.8 Å². The highest BCUT2D eigenvalue weighted by Gasteiger charge is 2.48. The summed E-state index contributed by atoms with van der Waals surface area (Å²) in [6, 6.07) is 8.12. The van der Waals surface area contributed by atoms with Crippen LogP contribution in [0.25, 0.3) is 10.6 Å². The number of halogens is 1. The van der Waals surface area contributed by atoms with Gasteiger partial charge in [-0.3, -0.25) is 4.79 Å². The molecular formula is C21H23ClN2OS. The Morgan fingerprint density at radius 2 is 1.81 bits per heavy atom. The summed E-state index contributed by atoms with van der Waals surface area (Å²) in [6.45, 7) is 0. The van der Waals surface area contributed by atoms with Gasteiger partial charge in [-0.25, -0.2) is 4.98 Å². The zero-order chi connectivity index (χ0) is 17.7. The van der Waals surface area contributed by atoms with Gasteiger partial charge in [-0.1, -0.05) is 29.8 Å². The fraction of sp³-hybridized carbons (Fsp3) is 0.524. The molecule has 4 bridgehead atoms. The van der Waals surface area contributed by atoms with Gasteiger partial charge in [0.15, 0.2) is 0 Å². The number of hydrogen-bond donors (Lipinski definition) is 1. The zero-order valence-electron chi connectivity index (χ0n) is 14.7. The monoisotopic (exact) mass is 386 g/mol. The fourth-order valence-corrected chi connectivity index (χ4v) is 6.85. The molecule has 0 saturated heterocycles.